The number of aliphatic hydroxyl groups is 1. The van der Waals surface area contributed by atoms with Crippen molar-refractivity contribution >= 4 is 17.6 Å². The number of rotatable bonds is 2. The van der Waals surface area contributed by atoms with E-state index in [-0.39, 0.29) is 18.4 Å². The van der Waals surface area contributed by atoms with Gasteiger partial charge in [0, 0.05) is 6.20 Å². The Hall–Kier alpha value is -1.95. The molecule has 0 saturated carbocycles. The van der Waals surface area contributed by atoms with Crippen LogP contribution in [0.3, 0.4) is 0 Å². The van der Waals surface area contributed by atoms with Crippen molar-refractivity contribution in [2.24, 2.45) is 0 Å². The Bertz CT molecular complexity index is 526. The maximum absolute atomic E-state index is 11.9. The molecule has 1 aromatic heterocycles. The average Bonchev–Trinajstić information content (AvgIpc) is 2.34. The summed E-state index contributed by atoms with van der Waals surface area (Å²) in [5.41, 5.74) is -0.169. The molecule has 1 atom stereocenters. The Balaban J connectivity index is 2.41. The van der Waals surface area contributed by atoms with Gasteiger partial charge in [-0.1, -0.05) is 0 Å². The molecule has 0 spiro atoms. The van der Waals surface area contributed by atoms with Crippen LogP contribution in [0, 0.1) is 0 Å². The third-order valence-electron chi connectivity index (χ3n) is 3.31. The standard InChI is InChI=1S/C13H17N3O3/c1-8(17)9-4-5-14-10(6-9)16-7-11(18)15-12(19)13(16,2)3/h4-6,8,17H,7H2,1-3H3,(H,15,18,19)/t8-/m1/s1. The maximum atomic E-state index is 11.9. The predicted molar refractivity (Wildman–Crippen MR) is 69.4 cm³/mol. The van der Waals surface area contributed by atoms with Gasteiger partial charge >= 0.3 is 0 Å². The highest BCUT2D eigenvalue weighted by atomic mass is 16.3. The molecule has 1 saturated heterocycles. The van der Waals surface area contributed by atoms with Crippen LogP contribution in [0.5, 0.6) is 0 Å². The van der Waals surface area contributed by atoms with Gasteiger partial charge in [0.1, 0.15) is 11.4 Å². The van der Waals surface area contributed by atoms with Crippen molar-refractivity contribution in [2.45, 2.75) is 32.4 Å². The predicted octanol–water partition coefficient (Wildman–Crippen LogP) is 0.376. The summed E-state index contributed by atoms with van der Waals surface area (Å²) < 4.78 is 0. The summed E-state index contributed by atoms with van der Waals surface area (Å²) in [6, 6.07) is 3.39. The first-order valence-electron chi connectivity index (χ1n) is 6.08. The molecule has 19 heavy (non-hydrogen) atoms. The second-order valence-electron chi connectivity index (χ2n) is 5.15. The zero-order chi connectivity index (χ0) is 14.2. The third-order valence-corrected chi connectivity index (χ3v) is 3.31. The molecule has 0 radical (unpaired) electrons. The van der Waals surface area contributed by atoms with Gasteiger partial charge in [0.2, 0.25) is 5.91 Å². The number of piperazine rings is 1. The lowest BCUT2D eigenvalue weighted by atomic mass is 9.98. The Morgan fingerprint density at radius 2 is 2.16 bits per heavy atom. The van der Waals surface area contributed by atoms with Gasteiger partial charge in [-0.3, -0.25) is 14.9 Å². The number of anilines is 1. The molecule has 1 aliphatic rings. The highest BCUT2D eigenvalue weighted by molar-refractivity contribution is 6.06. The van der Waals surface area contributed by atoms with Crippen LogP contribution in [0.25, 0.3) is 0 Å². The fraction of sp³-hybridized carbons (Fsp3) is 0.462. The van der Waals surface area contributed by atoms with Gasteiger partial charge in [0.25, 0.3) is 5.91 Å². The van der Waals surface area contributed by atoms with Gasteiger partial charge in [-0.15, -0.1) is 0 Å². The molecule has 102 valence electrons. The zero-order valence-electron chi connectivity index (χ0n) is 11.2. The molecule has 2 amide bonds. The smallest absolute Gasteiger partial charge is 0.251 e. The van der Waals surface area contributed by atoms with Gasteiger partial charge < -0.3 is 10.0 Å². The van der Waals surface area contributed by atoms with Crippen molar-refractivity contribution in [1.82, 2.24) is 10.3 Å². The molecule has 1 aromatic rings. The van der Waals surface area contributed by atoms with E-state index in [1.54, 1.807) is 44.0 Å². The number of nitrogens with zero attached hydrogens (tertiary/aromatic N) is 2. The quantitative estimate of drug-likeness (QED) is 0.754. The molecule has 0 bridgehead atoms. The monoisotopic (exact) mass is 263 g/mol. The largest absolute Gasteiger partial charge is 0.389 e. The lowest BCUT2D eigenvalue weighted by molar-refractivity contribution is -0.135. The Kier molecular flexibility index (Phi) is 3.28. The minimum Gasteiger partial charge on any atom is -0.389 e. The van der Waals surface area contributed by atoms with E-state index in [1.807, 2.05) is 0 Å². The first-order valence-corrected chi connectivity index (χ1v) is 6.08. The van der Waals surface area contributed by atoms with Gasteiger partial charge in [-0.25, -0.2) is 4.98 Å². The number of aliphatic hydroxyl groups excluding tert-OH is 1. The summed E-state index contributed by atoms with van der Waals surface area (Å²) in [4.78, 5) is 29.2. The van der Waals surface area contributed by atoms with Gasteiger partial charge in [-0.05, 0) is 38.5 Å². The highest BCUT2D eigenvalue weighted by Gasteiger charge is 2.41. The van der Waals surface area contributed by atoms with E-state index >= 15 is 0 Å². The molecule has 2 rings (SSSR count). The summed E-state index contributed by atoms with van der Waals surface area (Å²) in [7, 11) is 0. The van der Waals surface area contributed by atoms with Crippen LogP contribution in [-0.2, 0) is 9.59 Å². The van der Waals surface area contributed by atoms with Crippen LogP contribution < -0.4 is 10.2 Å². The lowest BCUT2D eigenvalue weighted by Gasteiger charge is -2.41. The second-order valence-corrected chi connectivity index (χ2v) is 5.15. The molecule has 1 aliphatic heterocycles. The number of carbonyl (C=O) groups excluding carboxylic acids is 2. The van der Waals surface area contributed by atoms with Crippen LogP contribution in [-0.4, -0.2) is 34.0 Å². The zero-order valence-corrected chi connectivity index (χ0v) is 11.2. The lowest BCUT2D eigenvalue weighted by Crippen LogP contribution is -2.64. The number of carbonyl (C=O) groups is 2. The molecular formula is C13H17N3O3. The molecule has 6 nitrogen and oxygen atoms in total. The number of amides is 2. The fourth-order valence-electron chi connectivity index (χ4n) is 1.99. The molecule has 6 heteroatoms. The number of hydrogen-bond acceptors (Lipinski definition) is 5. The van der Waals surface area contributed by atoms with E-state index in [1.165, 1.54) is 0 Å². The number of imide groups is 1. The van der Waals surface area contributed by atoms with Crippen molar-refractivity contribution in [2.75, 3.05) is 11.4 Å². The number of nitrogens with one attached hydrogen (secondary N) is 1. The van der Waals surface area contributed by atoms with E-state index in [9.17, 15) is 14.7 Å². The summed E-state index contributed by atoms with van der Waals surface area (Å²) in [6.45, 7) is 5.17. The fourth-order valence-corrected chi connectivity index (χ4v) is 1.99. The highest BCUT2D eigenvalue weighted by Crippen LogP contribution is 2.26. The van der Waals surface area contributed by atoms with E-state index < -0.39 is 11.6 Å². The Morgan fingerprint density at radius 3 is 2.79 bits per heavy atom. The molecular weight excluding hydrogens is 246 g/mol. The molecule has 2 N–H and O–H groups in total. The molecule has 0 aliphatic carbocycles. The average molecular weight is 263 g/mol. The van der Waals surface area contributed by atoms with Crippen LogP contribution in [0.1, 0.15) is 32.4 Å². The normalized spacial score (nSPS) is 20.1. The van der Waals surface area contributed by atoms with Gasteiger partial charge in [-0.2, -0.15) is 0 Å². The molecule has 2 heterocycles. The summed E-state index contributed by atoms with van der Waals surface area (Å²) in [6.07, 6.45) is 0.934. The van der Waals surface area contributed by atoms with E-state index in [0.29, 0.717) is 11.4 Å². The molecule has 0 aromatic carbocycles. The molecule has 0 unspecified atom stereocenters. The van der Waals surface area contributed by atoms with E-state index in [4.69, 9.17) is 0 Å². The van der Waals surface area contributed by atoms with Crippen molar-refractivity contribution in [1.29, 1.82) is 0 Å². The number of pyridine rings is 1. The SMILES string of the molecule is C[C@@H](O)c1ccnc(N2CC(=O)NC(=O)C2(C)C)c1. The van der Waals surface area contributed by atoms with Crippen LogP contribution in [0.4, 0.5) is 5.82 Å². The van der Waals surface area contributed by atoms with Crippen LogP contribution in [0.2, 0.25) is 0 Å². The Labute approximate surface area is 111 Å². The maximum Gasteiger partial charge on any atom is 0.251 e. The van der Waals surface area contributed by atoms with Crippen molar-refractivity contribution in [3.8, 4) is 0 Å². The third kappa shape index (κ3) is 2.44. The minimum absolute atomic E-state index is 0.0645. The van der Waals surface area contributed by atoms with Crippen molar-refractivity contribution in [3.05, 3.63) is 23.9 Å². The summed E-state index contributed by atoms with van der Waals surface area (Å²) in [5, 5.41) is 11.9. The molecule has 1 fully saturated rings. The van der Waals surface area contributed by atoms with E-state index in [2.05, 4.69) is 10.3 Å². The number of hydrogen-bond donors (Lipinski definition) is 2. The van der Waals surface area contributed by atoms with Crippen LogP contribution >= 0.6 is 0 Å². The Morgan fingerprint density at radius 1 is 1.47 bits per heavy atom. The summed E-state index contributed by atoms with van der Waals surface area (Å²) >= 11 is 0. The first-order chi connectivity index (χ1) is 8.82. The number of aromatic nitrogens is 1. The summed E-state index contributed by atoms with van der Waals surface area (Å²) in [5.74, 6) is -0.201. The van der Waals surface area contributed by atoms with Crippen molar-refractivity contribution in [3.63, 3.8) is 0 Å². The first kappa shape index (κ1) is 13.5. The topological polar surface area (TPSA) is 82.5 Å². The van der Waals surface area contributed by atoms with E-state index in [0.717, 1.165) is 0 Å². The van der Waals surface area contributed by atoms with Crippen molar-refractivity contribution < 1.29 is 14.7 Å². The van der Waals surface area contributed by atoms with Gasteiger partial charge in [0.15, 0.2) is 0 Å². The second kappa shape index (κ2) is 4.62. The van der Waals surface area contributed by atoms with Gasteiger partial charge in [0.05, 0.1) is 12.6 Å². The minimum atomic E-state index is -0.863. The van der Waals surface area contributed by atoms with Crippen LogP contribution in [0.15, 0.2) is 18.3 Å².